The normalized spacial score (nSPS) is 17.3. The number of pyridine rings is 1. The molecule has 1 N–H and O–H groups in total. The molecule has 1 fully saturated rings. The van der Waals surface area contributed by atoms with Gasteiger partial charge < -0.3 is 10.1 Å². The van der Waals surface area contributed by atoms with Crippen LogP contribution in [0.5, 0.6) is 5.75 Å². The number of halogens is 1. The Hall–Kier alpha value is -2.47. The zero-order valence-electron chi connectivity index (χ0n) is 15.2. The lowest BCUT2D eigenvalue weighted by Crippen LogP contribution is -2.24. The number of hydrogen-bond acceptors (Lipinski definition) is 4. The van der Waals surface area contributed by atoms with Crippen molar-refractivity contribution in [1.82, 2.24) is 15.2 Å². The standard InChI is InChI=1S/C20H24FN3O2/c1-14(25)23-12-17-10-15(7-8-22-17)20-4-3-9-24(20)13-16-5-6-18(26-2)11-19(16)21/h5-8,10-11,20H,3-4,9,12-13H2,1-2H3,(H,23,25)/t20-/m1/s1. The van der Waals surface area contributed by atoms with Gasteiger partial charge in [0.2, 0.25) is 5.91 Å². The van der Waals surface area contributed by atoms with Crippen LogP contribution in [0.1, 0.15) is 42.6 Å². The van der Waals surface area contributed by atoms with Gasteiger partial charge in [-0.2, -0.15) is 0 Å². The Morgan fingerprint density at radius 1 is 1.38 bits per heavy atom. The highest BCUT2D eigenvalue weighted by Crippen LogP contribution is 2.33. The molecular weight excluding hydrogens is 333 g/mol. The van der Waals surface area contributed by atoms with Crippen molar-refractivity contribution in [3.05, 3.63) is 59.2 Å². The Labute approximate surface area is 153 Å². The SMILES string of the molecule is COc1ccc(CN2CCC[C@@H]2c2ccnc(CNC(C)=O)c2)c(F)c1. The number of benzene rings is 1. The molecule has 1 atom stereocenters. The number of amides is 1. The van der Waals surface area contributed by atoms with Crippen LogP contribution in [0.4, 0.5) is 4.39 Å². The van der Waals surface area contributed by atoms with E-state index in [-0.39, 0.29) is 17.8 Å². The maximum atomic E-state index is 14.3. The van der Waals surface area contributed by atoms with Crippen LogP contribution in [-0.2, 0) is 17.9 Å². The van der Waals surface area contributed by atoms with Gasteiger partial charge in [-0.1, -0.05) is 6.07 Å². The number of hydrogen-bond donors (Lipinski definition) is 1. The van der Waals surface area contributed by atoms with E-state index in [1.165, 1.54) is 20.1 Å². The minimum absolute atomic E-state index is 0.0744. The second-order valence-corrected chi connectivity index (χ2v) is 6.58. The minimum Gasteiger partial charge on any atom is -0.497 e. The van der Waals surface area contributed by atoms with Crippen LogP contribution < -0.4 is 10.1 Å². The Morgan fingerprint density at radius 2 is 2.23 bits per heavy atom. The summed E-state index contributed by atoms with van der Waals surface area (Å²) in [5.74, 6) is 0.215. The Balaban J connectivity index is 1.74. The summed E-state index contributed by atoms with van der Waals surface area (Å²) in [6.45, 7) is 3.40. The topological polar surface area (TPSA) is 54.5 Å². The molecule has 0 saturated carbocycles. The third-order valence-corrected chi connectivity index (χ3v) is 4.74. The van der Waals surface area contributed by atoms with Gasteiger partial charge in [-0.05, 0) is 43.1 Å². The van der Waals surface area contributed by atoms with E-state index in [4.69, 9.17) is 4.74 Å². The molecule has 3 rings (SSSR count). The van der Waals surface area contributed by atoms with Gasteiger partial charge in [-0.25, -0.2) is 4.39 Å². The van der Waals surface area contributed by atoms with Crippen molar-refractivity contribution >= 4 is 5.91 Å². The molecule has 1 saturated heterocycles. The largest absolute Gasteiger partial charge is 0.497 e. The molecule has 0 radical (unpaired) electrons. The number of aromatic nitrogens is 1. The molecule has 26 heavy (non-hydrogen) atoms. The average Bonchev–Trinajstić information content (AvgIpc) is 3.10. The van der Waals surface area contributed by atoms with E-state index in [0.717, 1.165) is 30.6 Å². The van der Waals surface area contributed by atoms with Crippen LogP contribution in [0, 0.1) is 5.82 Å². The maximum Gasteiger partial charge on any atom is 0.217 e. The van der Waals surface area contributed by atoms with Gasteiger partial charge in [-0.3, -0.25) is 14.7 Å². The third kappa shape index (κ3) is 4.38. The van der Waals surface area contributed by atoms with Gasteiger partial charge in [0.15, 0.2) is 0 Å². The summed E-state index contributed by atoms with van der Waals surface area (Å²) in [5, 5.41) is 2.77. The first-order chi connectivity index (χ1) is 12.6. The molecule has 2 aromatic rings. The van der Waals surface area contributed by atoms with Gasteiger partial charge in [0.25, 0.3) is 0 Å². The Morgan fingerprint density at radius 3 is 2.96 bits per heavy atom. The van der Waals surface area contributed by atoms with Crippen molar-refractivity contribution in [1.29, 1.82) is 0 Å². The Bertz CT molecular complexity index is 781. The van der Waals surface area contributed by atoms with E-state index >= 15 is 0 Å². The van der Waals surface area contributed by atoms with Gasteiger partial charge >= 0.3 is 0 Å². The van der Waals surface area contributed by atoms with Crippen molar-refractivity contribution in [2.24, 2.45) is 0 Å². The minimum atomic E-state index is -0.240. The second kappa shape index (κ2) is 8.27. The van der Waals surface area contributed by atoms with Crippen molar-refractivity contribution in [3.63, 3.8) is 0 Å². The summed E-state index contributed by atoms with van der Waals surface area (Å²) in [6.07, 6.45) is 3.88. The van der Waals surface area contributed by atoms with E-state index < -0.39 is 0 Å². The zero-order valence-corrected chi connectivity index (χ0v) is 15.2. The number of carbonyl (C=O) groups excluding carboxylic acids is 1. The highest BCUT2D eigenvalue weighted by atomic mass is 19.1. The molecule has 0 aliphatic carbocycles. The molecule has 0 spiro atoms. The molecule has 0 unspecified atom stereocenters. The van der Waals surface area contributed by atoms with E-state index in [1.54, 1.807) is 18.3 Å². The van der Waals surface area contributed by atoms with Crippen molar-refractivity contribution in [3.8, 4) is 5.75 Å². The summed E-state index contributed by atoms with van der Waals surface area (Å²) in [5.41, 5.74) is 2.66. The zero-order chi connectivity index (χ0) is 18.5. The average molecular weight is 357 g/mol. The maximum absolute atomic E-state index is 14.3. The van der Waals surface area contributed by atoms with Gasteiger partial charge in [0.05, 0.1) is 19.3 Å². The van der Waals surface area contributed by atoms with Crippen LogP contribution in [0.25, 0.3) is 0 Å². The smallest absolute Gasteiger partial charge is 0.217 e. The fraction of sp³-hybridized carbons (Fsp3) is 0.400. The highest BCUT2D eigenvalue weighted by Gasteiger charge is 2.27. The molecule has 1 aromatic carbocycles. The first kappa shape index (κ1) is 18.3. The summed E-state index contributed by atoms with van der Waals surface area (Å²) < 4.78 is 19.4. The lowest BCUT2D eigenvalue weighted by Gasteiger charge is -2.25. The molecule has 1 amide bonds. The molecule has 6 heteroatoms. The van der Waals surface area contributed by atoms with Crippen molar-refractivity contribution in [2.45, 2.75) is 38.9 Å². The fourth-order valence-electron chi connectivity index (χ4n) is 3.41. The van der Waals surface area contributed by atoms with Crippen LogP contribution in [0.3, 0.4) is 0 Å². The predicted octanol–water partition coefficient (Wildman–Crippen LogP) is 3.20. The molecule has 5 nitrogen and oxygen atoms in total. The monoisotopic (exact) mass is 357 g/mol. The third-order valence-electron chi connectivity index (χ3n) is 4.74. The Kier molecular flexibility index (Phi) is 5.83. The lowest BCUT2D eigenvalue weighted by atomic mass is 10.0. The number of carbonyl (C=O) groups is 1. The molecule has 1 aromatic heterocycles. The van der Waals surface area contributed by atoms with Crippen LogP contribution in [0.15, 0.2) is 36.5 Å². The number of nitrogens with one attached hydrogen (secondary N) is 1. The molecule has 0 bridgehead atoms. The number of nitrogens with zero attached hydrogens (tertiary/aromatic N) is 2. The van der Waals surface area contributed by atoms with Gasteiger partial charge in [-0.15, -0.1) is 0 Å². The van der Waals surface area contributed by atoms with Crippen LogP contribution in [0.2, 0.25) is 0 Å². The van der Waals surface area contributed by atoms with Gasteiger partial charge in [0.1, 0.15) is 11.6 Å². The molecule has 1 aliphatic rings. The van der Waals surface area contributed by atoms with Crippen molar-refractivity contribution < 1.29 is 13.9 Å². The summed E-state index contributed by atoms with van der Waals surface area (Å²) in [6, 6.07) is 9.28. The number of rotatable bonds is 6. The van der Waals surface area contributed by atoms with Crippen molar-refractivity contribution in [2.75, 3.05) is 13.7 Å². The van der Waals surface area contributed by atoms with Crippen LogP contribution in [-0.4, -0.2) is 29.4 Å². The van der Waals surface area contributed by atoms with E-state index in [2.05, 4.69) is 15.2 Å². The quantitative estimate of drug-likeness (QED) is 0.863. The summed E-state index contributed by atoms with van der Waals surface area (Å²) in [4.78, 5) is 17.7. The van der Waals surface area contributed by atoms with Crippen LogP contribution >= 0.6 is 0 Å². The summed E-state index contributed by atoms with van der Waals surface area (Å²) in [7, 11) is 1.53. The molecular formula is C20H24FN3O2. The molecule has 1 aliphatic heterocycles. The number of ether oxygens (including phenoxy) is 1. The van der Waals surface area contributed by atoms with E-state index in [9.17, 15) is 9.18 Å². The number of likely N-dealkylation sites (tertiary alicyclic amines) is 1. The first-order valence-corrected chi connectivity index (χ1v) is 8.82. The lowest BCUT2D eigenvalue weighted by molar-refractivity contribution is -0.119. The second-order valence-electron chi connectivity index (χ2n) is 6.58. The molecule has 138 valence electrons. The first-order valence-electron chi connectivity index (χ1n) is 8.82. The predicted molar refractivity (Wildman–Crippen MR) is 97.1 cm³/mol. The molecule has 2 heterocycles. The van der Waals surface area contributed by atoms with Gasteiger partial charge in [0, 0.05) is 37.3 Å². The summed E-state index contributed by atoms with van der Waals surface area (Å²) >= 11 is 0. The fourth-order valence-corrected chi connectivity index (χ4v) is 3.41. The van der Waals surface area contributed by atoms with E-state index in [1.807, 2.05) is 12.1 Å². The highest BCUT2D eigenvalue weighted by molar-refractivity contribution is 5.72. The number of methoxy groups -OCH3 is 1. The van der Waals surface area contributed by atoms with E-state index in [0.29, 0.717) is 24.4 Å².